The normalized spacial score (nSPS) is 24.5. The van der Waals surface area contributed by atoms with E-state index < -0.39 is 24.3 Å². The van der Waals surface area contributed by atoms with E-state index in [-0.39, 0.29) is 17.7 Å². The Morgan fingerprint density at radius 2 is 1.89 bits per heavy atom. The minimum atomic E-state index is -1.26. The van der Waals surface area contributed by atoms with Gasteiger partial charge in [0, 0.05) is 5.92 Å². The molecule has 0 aromatic rings. The lowest BCUT2D eigenvalue weighted by atomic mass is 9.78. The second-order valence-electron chi connectivity index (χ2n) is 4.96. The molecule has 2 amide bonds. The minimum Gasteiger partial charge on any atom is -0.480 e. The molecule has 7 heteroatoms. The number of amides is 2. The Hall–Kier alpha value is -1.63. The van der Waals surface area contributed by atoms with Crippen LogP contribution in [0.3, 0.4) is 0 Å². The number of nitrogens with one attached hydrogen (secondary N) is 1. The Bertz CT molecular complexity index is 359. The molecule has 0 saturated heterocycles. The van der Waals surface area contributed by atoms with E-state index in [0.29, 0.717) is 13.0 Å². The zero-order chi connectivity index (χ0) is 14.4. The maximum absolute atomic E-state index is 12.1. The van der Waals surface area contributed by atoms with E-state index in [1.54, 1.807) is 0 Å². The number of nitrogens with two attached hydrogens (primary N) is 2. The summed E-state index contributed by atoms with van der Waals surface area (Å²) in [5.74, 6) is -2.55. The van der Waals surface area contributed by atoms with Crippen LogP contribution in [-0.4, -0.2) is 35.5 Å². The van der Waals surface area contributed by atoms with Gasteiger partial charge in [-0.05, 0) is 25.3 Å². The summed E-state index contributed by atoms with van der Waals surface area (Å²) in [6, 6.07) is -1.26. The largest absolute Gasteiger partial charge is 0.480 e. The monoisotopic (exact) mass is 271 g/mol. The lowest BCUT2D eigenvalue weighted by Gasteiger charge is -2.30. The number of hydrogen-bond acceptors (Lipinski definition) is 4. The standard InChI is InChI=1S/C12H21N3O4/c13-6-7-3-1-2-4-8(7)11(17)15-9(12(18)19)5-10(14)16/h7-9H,1-6,13H2,(H2,14,16)(H,15,17)(H,18,19)/t7?,8?,9-/m1/s1. The Morgan fingerprint density at radius 3 is 2.42 bits per heavy atom. The lowest BCUT2D eigenvalue weighted by molar-refractivity contribution is -0.144. The molecule has 0 heterocycles. The van der Waals surface area contributed by atoms with Gasteiger partial charge in [0.2, 0.25) is 11.8 Å². The maximum Gasteiger partial charge on any atom is 0.326 e. The van der Waals surface area contributed by atoms with Crippen LogP contribution in [0.5, 0.6) is 0 Å². The molecule has 0 aliphatic heterocycles. The van der Waals surface area contributed by atoms with Gasteiger partial charge in [-0.15, -0.1) is 0 Å². The molecule has 1 saturated carbocycles. The van der Waals surface area contributed by atoms with Crippen LogP contribution in [0.1, 0.15) is 32.1 Å². The van der Waals surface area contributed by atoms with Gasteiger partial charge in [-0.2, -0.15) is 0 Å². The number of carbonyl (C=O) groups is 3. The van der Waals surface area contributed by atoms with Crippen LogP contribution in [0.4, 0.5) is 0 Å². The van der Waals surface area contributed by atoms with Gasteiger partial charge in [0.25, 0.3) is 0 Å². The van der Waals surface area contributed by atoms with Gasteiger partial charge in [-0.3, -0.25) is 9.59 Å². The van der Waals surface area contributed by atoms with Crippen LogP contribution in [-0.2, 0) is 14.4 Å². The molecule has 0 aromatic carbocycles. The number of rotatable bonds is 6. The Morgan fingerprint density at radius 1 is 1.26 bits per heavy atom. The van der Waals surface area contributed by atoms with Crippen molar-refractivity contribution in [1.82, 2.24) is 5.32 Å². The topological polar surface area (TPSA) is 136 Å². The fraction of sp³-hybridized carbons (Fsp3) is 0.750. The molecular formula is C12H21N3O4. The van der Waals surface area contributed by atoms with Crippen molar-refractivity contribution in [3.05, 3.63) is 0 Å². The summed E-state index contributed by atoms with van der Waals surface area (Å²) in [6.45, 7) is 0.408. The molecule has 1 rings (SSSR count). The van der Waals surface area contributed by atoms with E-state index in [1.165, 1.54) is 0 Å². The van der Waals surface area contributed by atoms with Gasteiger partial charge in [0.1, 0.15) is 6.04 Å². The summed E-state index contributed by atoms with van der Waals surface area (Å²) in [5, 5.41) is 11.3. The second kappa shape index (κ2) is 7.08. The number of carboxylic acids is 1. The highest BCUT2D eigenvalue weighted by Crippen LogP contribution is 2.29. The molecule has 0 aromatic heterocycles. The van der Waals surface area contributed by atoms with Gasteiger partial charge >= 0.3 is 5.97 Å². The number of hydrogen-bond donors (Lipinski definition) is 4. The third-order valence-corrected chi connectivity index (χ3v) is 3.57. The molecule has 6 N–H and O–H groups in total. The van der Waals surface area contributed by atoms with Gasteiger partial charge in [0.05, 0.1) is 6.42 Å². The predicted molar refractivity (Wildman–Crippen MR) is 67.9 cm³/mol. The molecule has 0 bridgehead atoms. The van der Waals surface area contributed by atoms with E-state index in [1.807, 2.05) is 0 Å². The van der Waals surface area contributed by atoms with Crippen molar-refractivity contribution in [3.8, 4) is 0 Å². The first-order valence-electron chi connectivity index (χ1n) is 6.47. The van der Waals surface area contributed by atoms with Crippen molar-refractivity contribution in [1.29, 1.82) is 0 Å². The molecule has 19 heavy (non-hydrogen) atoms. The minimum absolute atomic E-state index is 0.0803. The molecule has 0 radical (unpaired) electrons. The average molecular weight is 271 g/mol. The van der Waals surface area contributed by atoms with E-state index in [0.717, 1.165) is 19.3 Å². The van der Waals surface area contributed by atoms with Crippen LogP contribution >= 0.6 is 0 Å². The van der Waals surface area contributed by atoms with Crippen LogP contribution < -0.4 is 16.8 Å². The number of primary amides is 1. The van der Waals surface area contributed by atoms with E-state index in [9.17, 15) is 14.4 Å². The highest BCUT2D eigenvalue weighted by molar-refractivity contribution is 5.89. The highest BCUT2D eigenvalue weighted by Gasteiger charge is 2.32. The first kappa shape index (κ1) is 15.4. The first-order valence-corrected chi connectivity index (χ1v) is 6.47. The van der Waals surface area contributed by atoms with Crippen molar-refractivity contribution in [3.63, 3.8) is 0 Å². The molecule has 3 atom stereocenters. The molecule has 108 valence electrons. The third kappa shape index (κ3) is 4.51. The Balaban J connectivity index is 2.64. The fourth-order valence-electron chi connectivity index (χ4n) is 2.51. The Labute approximate surface area is 111 Å². The van der Waals surface area contributed by atoms with Crippen LogP contribution in [0.25, 0.3) is 0 Å². The number of carbonyl (C=O) groups excluding carboxylic acids is 2. The quantitative estimate of drug-likeness (QED) is 0.501. The summed E-state index contributed by atoms with van der Waals surface area (Å²) < 4.78 is 0. The summed E-state index contributed by atoms with van der Waals surface area (Å²) in [4.78, 5) is 33.8. The maximum atomic E-state index is 12.1. The van der Waals surface area contributed by atoms with Crippen molar-refractivity contribution in [2.45, 2.75) is 38.1 Å². The third-order valence-electron chi connectivity index (χ3n) is 3.57. The predicted octanol–water partition coefficient (Wildman–Crippen LogP) is -0.804. The van der Waals surface area contributed by atoms with Crippen molar-refractivity contribution in [2.75, 3.05) is 6.54 Å². The highest BCUT2D eigenvalue weighted by atomic mass is 16.4. The summed E-state index contributed by atoms with van der Waals surface area (Å²) in [5.41, 5.74) is 10.6. The molecular weight excluding hydrogens is 250 g/mol. The summed E-state index contributed by atoms with van der Waals surface area (Å²) in [6.07, 6.45) is 3.15. The molecule has 1 aliphatic rings. The number of carboxylic acid groups (broad SMARTS) is 1. The zero-order valence-corrected chi connectivity index (χ0v) is 10.8. The van der Waals surface area contributed by atoms with E-state index >= 15 is 0 Å². The zero-order valence-electron chi connectivity index (χ0n) is 10.8. The lowest BCUT2D eigenvalue weighted by Crippen LogP contribution is -2.48. The summed E-state index contributed by atoms with van der Waals surface area (Å²) in [7, 11) is 0. The van der Waals surface area contributed by atoms with Crippen LogP contribution in [0, 0.1) is 11.8 Å². The fourth-order valence-corrected chi connectivity index (χ4v) is 2.51. The molecule has 2 unspecified atom stereocenters. The first-order chi connectivity index (χ1) is 8.95. The molecule has 1 aliphatic carbocycles. The van der Waals surface area contributed by atoms with Crippen molar-refractivity contribution >= 4 is 17.8 Å². The Kier molecular flexibility index (Phi) is 5.75. The van der Waals surface area contributed by atoms with Gasteiger partial charge < -0.3 is 21.9 Å². The van der Waals surface area contributed by atoms with E-state index in [2.05, 4.69) is 5.32 Å². The van der Waals surface area contributed by atoms with Gasteiger partial charge in [-0.1, -0.05) is 12.8 Å². The van der Waals surface area contributed by atoms with Gasteiger partial charge in [-0.25, -0.2) is 4.79 Å². The van der Waals surface area contributed by atoms with Gasteiger partial charge in [0.15, 0.2) is 0 Å². The number of aliphatic carboxylic acids is 1. The van der Waals surface area contributed by atoms with Crippen molar-refractivity contribution in [2.24, 2.45) is 23.3 Å². The van der Waals surface area contributed by atoms with Crippen LogP contribution in [0.15, 0.2) is 0 Å². The molecule has 0 spiro atoms. The summed E-state index contributed by atoms with van der Waals surface area (Å²) >= 11 is 0. The molecule has 1 fully saturated rings. The van der Waals surface area contributed by atoms with Crippen molar-refractivity contribution < 1.29 is 19.5 Å². The second-order valence-corrected chi connectivity index (χ2v) is 4.96. The van der Waals surface area contributed by atoms with Crippen LogP contribution in [0.2, 0.25) is 0 Å². The average Bonchev–Trinajstić information content (AvgIpc) is 2.37. The van der Waals surface area contributed by atoms with E-state index in [4.69, 9.17) is 16.6 Å². The SMILES string of the molecule is NCC1CCCCC1C(=O)N[C@H](CC(N)=O)C(=O)O. The molecule has 7 nitrogen and oxygen atoms in total. The smallest absolute Gasteiger partial charge is 0.326 e.